The Morgan fingerprint density at radius 2 is 2.12 bits per heavy atom. The van der Waals surface area contributed by atoms with Crippen molar-refractivity contribution in [3.63, 3.8) is 0 Å². The molecule has 1 aliphatic rings. The summed E-state index contributed by atoms with van der Waals surface area (Å²) < 4.78 is 10.7. The lowest BCUT2D eigenvalue weighted by Gasteiger charge is -2.29. The van der Waals surface area contributed by atoms with Crippen LogP contribution in [-0.4, -0.2) is 61.8 Å². The number of methoxy groups -OCH3 is 1. The van der Waals surface area contributed by atoms with Crippen molar-refractivity contribution in [3.8, 4) is 5.88 Å². The zero-order valence-electron chi connectivity index (χ0n) is 14.1. The van der Waals surface area contributed by atoms with E-state index < -0.39 is 0 Å². The molecule has 24 heavy (non-hydrogen) atoms. The Kier molecular flexibility index (Phi) is 5.27. The SMILES string of the molecule is COc1nc(C(=O)N[C@@H](C)CN2CCOCC2)cc2ccccc12. The molecule has 1 N–H and O–H groups in total. The van der Waals surface area contributed by atoms with Crippen LogP contribution in [0, 0.1) is 0 Å². The average Bonchev–Trinajstić information content (AvgIpc) is 2.61. The van der Waals surface area contributed by atoms with E-state index in [0.717, 1.165) is 43.6 Å². The molecule has 1 atom stereocenters. The molecule has 1 amide bonds. The first-order valence-corrected chi connectivity index (χ1v) is 8.22. The minimum Gasteiger partial charge on any atom is -0.481 e. The molecule has 2 heterocycles. The van der Waals surface area contributed by atoms with Gasteiger partial charge in [-0.15, -0.1) is 0 Å². The molecule has 0 unspecified atom stereocenters. The topological polar surface area (TPSA) is 63.7 Å². The summed E-state index contributed by atoms with van der Waals surface area (Å²) in [5.74, 6) is 0.291. The number of aromatic nitrogens is 1. The Hall–Kier alpha value is -2.18. The summed E-state index contributed by atoms with van der Waals surface area (Å²) in [4.78, 5) is 19.2. The maximum absolute atomic E-state index is 12.5. The Labute approximate surface area is 141 Å². The van der Waals surface area contributed by atoms with Gasteiger partial charge in [0.2, 0.25) is 5.88 Å². The summed E-state index contributed by atoms with van der Waals surface area (Å²) in [6, 6.07) is 9.59. The normalized spacial score (nSPS) is 16.8. The predicted molar refractivity (Wildman–Crippen MR) is 92.5 cm³/mol. The third-order valence-corrected chi connectivity index (χ3v) is 4.14. The maximum Gasteiger partial charge on any atom is 0.270 e. The van der Waals surface area contributed by atoms with Crippen LogP contribution in [0.1, 0.15) is 17.4 Å². The van der Waals surface area contributed by atoms with Crippen LogP contribution >= 0.6 is 0 Å². The van der Waals surface area contributed by atoms with Crippen LogP contribution in [0.2, 0.25) is 0 Å². The van der Waals surface area contributed by atoms with Gasteiger partial charge >= 0.3 is 0 Å². The van der Waals surface area contributed by atoms with Gasteiger partial charge in [-0.2, -0.15) is 0 Å². The number of hydrogen-bond donors (Lipinski definition) is 1. The summed E-state index contributed by atoms with van der Waals surface area (Å²) in [6.45, 7) is 6.13. The van der Waals surface area contributed by atoms with Gasteiger partial charge in [0.1, 0.15) is 5.69 Å². The lowest BCUT2D eigenvalue weighted by molar-refractivity contribution is 0.0342. The molecule has 3 rings (SSSR count). The van der Waals surface area contributed by atoms with Crippen molar-refractivity contribution in [1.82, 2.24) is 15.2 Å². The lowest BCUT2D eigenvalue weighted by atomic mass is 10.1. The van der Waals surface area contributed by atoms with Crippen LogP contribution in [0.5, 0.6) is 5.88 Å². The van der Waals surface area contributed by atoms with Crippen LogP contribution in [0.4, 0.5) is 0 Å². The van der Waals surface area contributed by atoms with E-state index in [4.69, 9.17) is 9.47 Å². The van der Waals surface area contributed by atoms with Gasteiger partial charge in [-0.1, -0.05) is 18.2 Å². The molecule has 0 spiro atoms. The number of nitrogens with zero attached hydrogens (tertiary/aromatic N) is 2. The van der Waals surface area contributed by atoms with Crippen molar-refractivity contribution in [2.75, 3.05) is 40.0 Å². The number of carbonyl (C=O) groups is 1. The fraction of sp³-hybridized carbons (Fsp3) is 0.444. The molecule has 6 heteroatoms. The highest BCUT2D eigenvalue weighted by molar-refractivity contribution is 5.98. The number of benzene rings is 1. The lowest BCUT2D eigenvalue weighted by Crippen LogP contribution is -2.46. The van der Waals surface area contributed by atoms with Crippen LogP contribution in [-0.2, 0) is 4.74 Å². The monoisotopic (exact) mass is 329 g/mol. The van der Waals surface area contributed by atoms with Gasteiger partial charge < -0.3 is 14.8 Å². The molecule has 2 aromatic rings. The van der Waals surface area contributed by atoms with Gasteiger partial charge in [0.05, 0.1) is 20.3 Å². The quantitative estimate of drug-likeness (QED) is 0.904. The van der Waals surface area contributed by atoms with E-state index in [9.17, 15) is 4.79 Å². The van der Waals surface area contributed by atoms with E-state index in [-0.39, 0.29) is 11.9 Å². The molecule has 0 aliphatic carbocycles. The number of pyridine rings is 1. The van der Waals surface area contributed by atoms with Crippen molar-refractivity contribution in [1.29, 1.82) is 0 Å². The highest BCUT2D eigenvalue weighted by Gasteiger charge is 2.18. The fourth-order valence-corrected chi connectivity index (χ4v) is 2.95. The number of ether oxygens (including phenoxy) is 2. The van der Waals surface area contributed by atoms with Gasteiger partial charge in [-0.25, -0.2) is 4.98 Å². The first kappa shape index (κ1) is 16.7. The number of rotatable bonds is 5. The summed E-state index contributed by atoms with van der Waals surface area (Å²) in [7, 11) is 1.57. The van der Waals surface area contributed by atoms with Gasteiger partial charge in [0.25, 0.3) is 5.91 Å². The van der Waals surface area contributed by atoms with Crippen molar-refractivity contribution in [2.45, 2.75) is 13.0 Å². The van der Waals surface area contributed by atoms with Crippen LogP contribution in [0.15, 0.2) is 30.3 Å². The third-order valence-electron chi connectivity index (χ3n) is 4.14. The zero-order valence-corrected chi connectivity index (χ0v) is 14.1. The second kappa shape index (κ2) is 7.59. The van der Waals surface area contributed by atoms with Gasteiger partial charge in [0, 0.05) is 31.1 Å². The van der Waals surface area contributed by atoms with E-state index in [1.165, 1.54) is 0 Å². The Morgan fingerprint density at radius 1 is 1.38 bits per heavy atom. The van der Waals surface area contributed by atoms with Gasteiger partial charge in [0.15, 0.2) is 0 Å². The second-order valence-electron chi connectivity index (χ2n) is 6.03. The molecule has 1 fully saturated rings. The predicted octanol–water partition coefficient (Wildman–Crippen LogP) is 1.69. The van der Waals surface area contributed by atoms with Gasteiger partial charge in [-0.3, -0.25) is 9.69 Å². The van der Waals surface area contributed by atoms with E-state index >= 15 is 0 Å². The van der Waals surface area contributed by atoms with E-state index in [1.54, 1.807) is 13.2 Å². The fourth-order valence-electron chi connectivity index (χ4n) is 2.95. The molecule has 0 radical (unpaired) electrons. The standard InChI is InChI=1S/C18H23N3O3/c1-13(12-21-7-9-24-10-8-21)19-17(22)16-11-14-5-3-4-6-15(14)18(20-16)23-2/h3-6,11,13H,7-10,12H2,1-2H3,(H,19,22)/t13-/m0/s1. The number of amides is 1. The Morgan fingerprint density at radius 3 is 2.88 bits per heavy atom. The Balaban J connectivity index is 1.71. The van der Waals surface area contributed by atoms with E-state index in [0.29, 0.717) is 11.6 Å². The highest BCUT2D eigenvalue weighted by Crippen LogP contribution is 2.24. The number of nitrogens with one attached hydrogen (secondary N) is 1. The first-order valence-electron chi connectivity index (χ1n) is 8.22. The minimum absolute atomic E-state index is 0.0369. The molecule has 6 nitrogen and oxygen atoms in total. The molecule has 0 saturated carbocycles. The van der Waals surface area contributed by atoms with Gasteiger partial charge in [-0.05, 0) is 24.4 Å². The number of carbonyl (C=O) groups excluding carboxylic acids is 1. The maximum atomic E-state index is 12.5. The molecule has 1 aromatic carbocycles. The summed E-state index contributed by atoms with van der Waals surface area (Å²) >= 11 is 0. The number of morpholine rings is 1. The first-order chi connectivity index (χ1) is 11.7. The summed E-state index contributed by atoms with van der Waals surface area (Å²) in [5.41, 5.74) is 0.374. The molecule has 0 bridgehead atoms. The summed E-state index contributed by atoms with van der Waals surface area (Å²) in [6.07, 6.45) is 0. The van der Waals surface area contributed by atoms with Crippen LogP contribution in [0.3, 0.4) is 0 Å². The van der Waals surface area contributed by atoms with E-state index in [2.05, 4.69) is 15.2 Å². The minimum atomic E-state index is -0.181. The van der Waals surface area contributed by atoms with Crippen molar-refractivity contribution >= 4 is 16.7 Å². The molecule has 1 saturated heterocycles. The summed E-state index contributed by atoms with van der Waals surface area (Å²) in [5, 5.41) is 4.86. The average molecular weight is 329 g/mol. The van der Waals surface area contributed by atoms with Crippen LogP contribution < -0.4 is 10.1 Å². The molecular weight excluding hydrogens is 306 g/mol. The molecule has 1 aromatic heterocycles. The third kappa shape index (κ3) is 3.83. The van der Waals surface area contributed by atoms with Crippen molar-refractivity contribution in [3.05, 3.63) is 36.0 Å². The van der Waals surface area contributed by atoms with Crippen LogP contribution in [0.25, 0.3) is 10.8 Å². The molecule has 128 valence electrons. The molecule has 1 aliphatic heterocycles. The number of fused-ring (bicyclic) bond motifs is 1. The second-order valence-corrected chi connectivity index (χ2v) is 6.03. The Bertz CT molecular complexity index is 714. The number of hydrogen-bond acceptors (Lipinski definition) is 5. The van der Waals surface area contributed by atoms with Crippen molar-refractivity contribution < 1.29 is 14.3 Å². The van der Waals surface area contributed by atoms with Crippen molar-refractivity contribution in [2.24, 2.45) is 0 Å². The van der Waals surface area contributed by atoms with E-state index in [1.807, 2.05) is 31.2 Å². The smallest absolute Gasteiger partial charge is 0.270 e. The zero-order chi connectivity index (χ0) is 16.9. The molecular formula is C18H23N3O3. The largest absolute Gasteiger partial charge is 0.481 e. The highest BCUT2D eigenvalue weighted by atomic mass is 16.5.